The lowest BCUT2D eigenvalue weighted by Crippen LogP contribution is -2.49. The number of carbonyl (C=O) groups is 1. The van der Waals surface area contributed by atoms with Gasteiger partial charge >= 0.3 is 0 Å². The number of nitrogens with one attached hydrogen (secondary N) is 2. The number of aryl methyl sites for hydroxylation is 2. The number of nitrogens with zero attached hydrogens (tertiary/aromatic N) is 4. The monoisotopic (exact) mass is 490 g/mol. The van der Waals surface area contributed by atoms with E-state index in [9.17, 15) is 4.79 Å². The first-order valence-electron chi connectivity index (χ1n) is 9.67. The Balaban J connectivity index is 0.00000364. The summed E-state index contributed by atoms with van der Waals surface area (Å²) in [7, 11) is 5.46. The number of carbonyl (C=O) groups excluding carboxylic acids is 1. The second-order valence-corrected chi connectivity index (χ2v) is 7.45. The molecule has 0 saturated heterocycles. The lowest BCUT2D eigenvalue weighted by molar-refractivity contribution is -0.127. The summed E-state index contributed by atoms with van der Waals surface area (Å²) >= 11 is 0. The van der Waals surface area contributed by atoms with Crippen molar-refractivity contribution in [2.75, 3.05) is 20.6 Å². The fraction of sp³-hybridized carbons (Fsp3) is 0.737. The van der Waals surface area contributed by atoms with Crippen molar-refractivity contribution >= 4 is 35.8 Å². The molecule has 1 amide bonds. The predicted molar refractivity (Wildman–Crippen MR) is 120 cm³/mol. The maximum atomic E-state index is 11.9. The highest BCUT2D eigenvalue weighted by Gasteiger charge is 2.22. The molecule has 0 aromatic carbocycles. The van der Waals surface area contributed by atoms with E-state index in [0.717, 1.165) is 24.1 Å². The minimum absolute atomic E-state index is 0. The van der Waals surface area contributed by atoms with Crippen LogP contribution in [0.2, 0.25) is 0 Å². The zero-order valence-corrected chi connectivity index (χ0v) is 19.6. The van der Waals surface area contributed by atoms with Gasteiger partial charge in [0.25, 0.3) is 0 Å². The fourth-order valence-electron chi connectivity index (χ4n) is 3.35. The third-order valence-electron chi connectivity index (χ3n) is 5.07. The minimum atomic E-state index is 0. The van der Waals surface area contributed by atoms with Crippen LogP contribution in [0.1, 0.15) is 50.8 Å². The third kappa shape index (κ3) is 7.31. The lowest BCUT2D eigenvalue weighted by atomic mass is 9.86. The molecule has 2 atom stereocenters. The molecule has 0 bridgehead atoms. The van der Waals surface area contributed by atoms with Gasteiger partial charge in [0.05, 0.1) is 18.8 Å². The van der Waals surface area contributed by atoms with Crippen molar-refractivity contribution in [3.63, 3.8) is 0 Å². The zero-order valence-electron chi connectivity index (χ0n) is 17.3. The first kappa shape index (κ1) is 23.7. The molecule has 154 valence electrons. The molecule has 1 aliphatic rings. The van der Waals surface area contributed by atoms with Gasteiger partial charge in [0.15, 0.2) is 5.96 Å². The van der Waals surface area contributed by atoms with Gasteiger partial charge in [-0.05, 0) is 25.2 Å². The van der Waals surface area contributed by atoms with Gasteiger partial charge in [-0.25, -0.2) is 4.99 Å². The van der Waals surface area contributed by atoms with Crippen LogP contribution in [-0.2, 0) is 24.8 Å². The Kier molecular flexibility index (Phi) is 10.1. The van der Waals surface area contributed by atoms with Crippen LogP contribution >= 0.6 is 24.0 Å². The maximum absolute atomic E-state index is 11.9. The zero-order chi connectivity index (χ0) is 19.1. The van der Waals surface area contributed by atoms with E-state index in [4.69, 9.17) is 4.99 Å². The van der Waals surface area contributed by atoms with Crippen molar-refractivity contribution < 1.29 is 4.79 Å². The molecule has 1 fully saturated rings. The van der Waals surface area contributed by atoms with Crippen molar-refractivity contribution in [3.8, 4) is 0 Å². The van der Waals surface area contributed by atoms with Gasteiger partial charge in [0.2, 0.25) is 5.91 Å². The van der Waals surface area contributed by atoms with Crippen molar-refractivity contribution in [1.82, 2.24) is 25.3 Å². The van der Waals surface area contributed by atoms with E-state index in [-0.39, 0.29) is 36.4 Å². The second kappa shape index (κ2) is 11.5. The van der Waals surface area contributed by atoms with Gasteiger partial charge < -0.3 is 15.5 Å². The first-order chi connectivity index (χ1) is 12.4. The molecule has 1 aromatic rings. The van der Waals surface area contributed by atoms with Crippen molar-refractivity contribution in [1.29, 1.82) is 0 Å². The van der Waals surface area contributed by atoms with E-state index in [1.165, 1.54) is 19.3 Å². The van der Waals surface area contributed by atoms with E-state index in [0.29, 0.717) is 24.5 Å². The average molecular weight is 490 g/mol. The molecular formula is C19H35IN6O. The van der Waals surface area contributed by atoms with Gasteiger partial charge in [0, 0.05) is 38.9 Å². The van der Waals surface area contributed by atoms with Crippen LogP contribution < -0.4 is 10.6 Å². The molecule has 2 unspecified atom stereocenters. The number of hydrogen-bond acceptors (Lipinski definition) is 3. The van der Waals surface area contributed by atoms with Crippen LogP contribution in [0, 0.1) is 5.92 Å². The fourth-order valence-corrected chi connectivity index (χ4v) is 3.35. The Bertz CT molecular complexity index is 628. The smallest absolute Gasteiger partial charge is 0.241 e. The lowest BCUT2D eigenvalue weighted by Gasteiger charge is -2.31. The summed E-state index contributed by atoms with van der Waals surface area (Å²) in [5.41, 5.74) is 2.21. The number of aromatic nitrogens is 2. The van der Waals surface area contributed by atoms with Gasteiger partial charge in [0.1, 0.15) is 0 Å². The molecule has 27 heavy (non-hydrogen) atoms. The Hall–Kier alpha value is -1.32. The van der Waals surface area contributed by atoms with Gasteiger partial charge in [-0.3, -0.25) is 9.48 Å². The molecule has 0 spiro atoms. The molecule has 0 aliphatic heterocycles. The summed E-state index contributed by atoms with van der Waals surface area (Å²) in [5, 5.41) is 11.2. The number of aliphatic imine (C=N–C) groups is 1. The number of rotatable bonds is 6. The minimum Gasteiger partial charge on any atom is -0.353 e. The third-order valence-corrected chi connectivity index (χ3v) is 5.07. The van der Waals surface area contributed by atoms with E-state index in [2.05, 4.69) is 29.6 Å². The van der Waals surface area contributed by atoms with E-state index >= 15 is 0 Å². The molecule has 1 saturated carbocycles. The highest BCUT2D eigenvalue weighted by molar-refractivity contribution is 14.0. The van der Waals surface area contributed by atoms with E-state index < -0.39 is 0 Å². The van der Waals surface area contributed by atoms with Crippen molar-refractivity contribution in [2.24, 2.45) is 18.0 Å². The van der Waals surface area contributed by atoms with Crippen LogP contribution in [0.25, 0.3) is 0 Å². The largest absolute Gasteiger partial charge is 0.353 e. The van der Waals surface area contributed by atoms with Gasteiger partial charge in [-0.1, -0.05) is 26.7 Å². The summed E-state index contributed by atoms with van der Waals surface area (Å²) in [6.45, 7) is 5.19. The van der Waals surface area contributed by atoms with Crippen LogP contribution in [0.15, 0.2) is 11.2 Å². The van der Waals surface area contributed by atoms with Gasteiger partial charge in [-0.2, -0.15) is 5.10 Å². The summed E-state index contributed by atoms with van der Waals surface area (Å²) in [6.07, 6.45) is 7.85. The van der Waals surface area contributed by atoms with Crippen LogP contribution in [-0.4, -0.2) is 53.2 Å². The number of halogens is 1. The number of hydrogen-bond donors (Lipinski definition) is 2. The highest BCUT2D eigenvalue weighted by atomic mass is 127. The van der Waals surface area contributed by atoms with Crippen LogP contribution in [0.5, 0.6) is 0 Å². The number of amides is 1. The average Bonchev–Trinajstić information content (AvgIpc) is 2.98. The van der Waals surface area contributed by atoms with Crippen LogP contribution in [0.4, 0.5) is 0 Å². The molecule has 0 radical (unpaired) electrons. The molecule has 2 rings (SSSR count). The molecule has 8 heteroatoms. The predicted octanol–water partition coefficient (Wildman–Crippen LogP) is 2.30. The van der Waals surface area contributed by atoms with E-state index in [1.807, 2.05) is 17.9 Å². The normalized spacial score (nSPS) is 20.0. The number of likely N-dealkylation sites (N-methyl/N-ethyl adjacent to an activating group) is 1. The summed E-state index contributed by atoms with van der Waals surface area (Å²) in [4.78, 5) is 18.3. The molecule has 1 heterocycles. The van der Waals surface area contributed by atoms with Crippen molar-refractivity contribution in [3.05, 3.63) is 17.5 Å². The summed E-state index contributed by atoms with van der Waals surface area (Å²) < 4.78 is 1.84. The molecule has 7 nitrogen and oxygen atoms in total. The van der Waals surface area contributed by atoms with Gasteiger partial charge in [-0.15, -0.1) is 24.0 Å². The van der Waals surface area contributed by atoms with Crippen molar-refractivity contribution in [2.45, 2.75) is 58.5 Å². The van der Waals surface area contributed by atoms with Crippen LogP contribution in [0.3, 0.4) is 0 Å². The standard InChI is InChI=1S/C19H34N6O.HI/c1-6-16-15(13-25(5)23-16)11-20-19(21-12-18(26)24(3)4)22-17-10-8-7-9-14(17)2;/h13-14,17H,6-12H2,1-5H3,(H2,20,21,22);1H. The SMILES string of the molecule is CCc1nn(C)cc1CN=C(NCC(=O)N(C)C)NC1CCCCC1C.I. The maximum Gasteiger partial charge on any atom is 0.241 e. The molecule has 1 aliphatic carbocycles. The quantitative estimate of drug-likeness (QED) is 0.365. The summed E-state index contributed by atoms with van der Waals surface area (Å²) in [5.74, 6) is 1.36. The Morgan fingerprint density at radius 3 is 2.70 bits per heavy atom. The Labute approximate surface area is 180 Å². The second-order valence-electron chi connectivity index (χ2n) is 7.45. The summed E-state index contributed by atoms with van der Waals surface area (Å²) in [6, 6.07) is 0.406. The van der Waals surface area contributed by atoms with E-state index in [1.54, 1.807) is 19.0 Å². The Morgan fingerprint density at radius 2 is 2.07 bits per heavy atom. The molecule has 2 N–H and O–H groups in total. The number of guanidine groups is 1. The Morgan fingerprint density at radius 1 is 1.37 bits per heavy atom. The first-order valence-corrected chi connectivity index (χ1v) is 9.67. The molecule has 1 aromatic heterocycles. The topological polar surface area (TPSA) is 74.5 Å². The highest BCUT2D eigenvalue weighted by Crippen LogP contribution is 2.23. The molecular weight excluding hydrogens is 455 g/mol.